The summed E-state index contributed by atoms with van der Waals surface area (Å²) in [5, 5.41) is 9.95. The van der Waals surface area contributed by atoms with Gasteiger partial charge in [-0.15, -0.1) is 0 Å². The van der Waals surface area contributed by atoms with Crippen molar-refractivity contribution in [3.8, 4) is 27.9 Å². The minimum absolute atomic E-state index is 0.875. The van der Waals surface area contributed by atoms with Crippen LogP contribution in [-0.4, -0.2) is 4.57 Å². The van der Waals surface area contributed by atoms with Crippen molar-refractivity contribution in [2.75, 3.05) is 0 Å². The fourth-order valence-corrected chi connectivity index (χ4v) is 10.8. The first kappa shape index (κ1) is 26.5. The van der Waals surface area contributed by atoms with Crippen LogP contribution in [0.2, 0.25) is 0 Å². The van der Waals surface area contributed by atoms with E-state index in [1.165, 1.54) is 43.4 Å². The maximum Gasteiger partial charge on any atom is 0.172 e. The summed E-state index contributed by atoms with van der Waals surface area (Å²) in [4.78, 5) is 0. The Hall–Kier alpha value is -5.69. The van der Waals surface area contributed by atoms with Crippen LogP contribution in [0, 0.1) is 0 Å². The van der Waals surface area contributed by atoms with Crippen molar-refractivity contribution < 1.29 is 4.57 Å². The molecule has 2 nitrogen and oxygen atoms in total. The molecule has 47 heavy (non-hydrogen) atoms. The fraction of sp³-hybridized carbons (Fsp3) is 0. The van der Waals surface area contributed by atoms with Gasteiger partial charge in [0, 0.05) is 32.4 Å². The molecule has 0 aliphatic carbocycles. The highest BCUT2D eigenvalue weighted by Crippen LogP contribution is 2.53. The first-order valence-electron chi connectivity index (χ1n) is 16.0. The van der Waals surface area contributed by atoms with Crippen LogP contribution in [-0.2, 0) is 4.57 Å². The first-order valence-corrected chi connectivity index (χ1v) is 17.7. The van der Waals surface area contributed by atoms with Crippen molar-refractivity contribution in [3.05, 3.63) is 170 Å². The molecule has 0 amide bonds. The maximum atomic E-state index is 15.4. The Bertz CT molecular complexity index is 2770. The lowest BCUT2D eigenvalue weighted by molar-refractivity contribution is 0.593. The lowest BCUT2D eigenvalue weighted by Crippen LogP contribution is -2.20. The van der Waals surface area contributed by atoms with Crippen LogP contribution in [0.15, 0.2) is 170 Å². The number of benzene rings is 8. The van der Waals surface area contributed by atoms with Gasteiger partial charge >= 0.3 is 0 Å². The number of hydrogen-bond acceptors (Lipinski definition) is 1. The number of hydrogen-bond donors (Lipinski definition) is 0. The van der Waals surface area contributed by atoms with Gasteiger partial charge in [-0.05, 0) is 86.3 Å². The van der Waals surface area contributed by atoms with E-state index in [0.29, 0.717) is 0 Å². The minimum atomic E-state index is -3.07. The molecule has 8 aromatic carbocycles. The van der Waals surface area contributed by atoms with Gasteiger partial charge in [0.25, 0.3) is 0 Å². The van der Waals surface area contributed by atoms with Crippen LogP contribution >= 0.6 is 7.14 Å². The molecule has 220 valence electrons. The minimum Gasteiger partial charge on any atom is -0.309 e. The number of aromatic nitrogens is 1. The van der Waals surface area contributed by atoms with Crippen molar-refractivity contribution in [3.63, 3.8) is 0 Å². The highest BCUT2D eigenvalue weighted by atomic mass is 31.2. The predicted octanol–water partition coefficient (Wildman–Crippen LogP) is 10.4. The Kier molecular flexibility index (Phi) is 5.59. The molecule has 0 fully saturated rings. The molecule has 0 N–H and O–H groups in total. The fourth-order valence-electron chi connectivity index (χ4n) is 7.70. The average Bonchev–Trinajstić information content (AvgIpc) is 3.60. The number of nitrogens with zero attached hydrogens (tertiary/aromatic N) is 1. The maximum absolute atomic E-state index is 15.4. The molecular formula is C44H28NOP. The van der Waals surface area contributed by atoms with E-state index in [1.807, 2.05) is 36.4 Å². The number of para-hydroxylation sites is 1. The van der Waals surface area contributed by atoms with Crippen molar-refractivity contribution in [2.45, 2.75) is 0 Å². The monoisotopic (exact) mass is 617 g/mol. The molecule has 0 saturated carbocycles. The van der Waals surface area contributed by atoms with Gasteiger partial charge in [0.05, 0.1) is 11.0 Å². The Labute approximate surface area is 272 Å². The second-order valence-electron chi connectivity index (χ2n) is 12.5. The molecule has 9 aromatic rings. The third kappa shape index (κ3) is 3.83. The average molecular weight is 618 g/mol. The zero-order valence-electron chi connectivity index (χ0n) is 25.5. The predicted molar refractivity (Wildman–Crippen MR) is 200 cm³/mol. The van der Waals surface area contributed by atoms with Crippen LogP contribution in [0.3, 0.4) is 0 Å². The van der Waals surface area contributed by atoms with Gasteiger partial charge in [-0.25, -0.2) is 0 Å². The van der Waals surface area contributed by atoms with E-state index < -0.39 is 7.14 Å². The summed E-state index contributed by atoms with van der Waals surface area (Å²) in [6.45, 7) is 0. The van der Waals surface area contributed by atoms with E-state index in [-0.39, 0.29) is 0 Å². The number of fused-ring (bicyclic) bond motifs is 8. The van der Waals surface area contributed by atoms with E-state index in [2.05, 4.69) is 138 Å². The first-order chi connectivity index (χ1) is 23.2. The summed E-state index contributed by atoms with van der Waals surface area (Å²) in [5.74, 6) is 0. The summed E-state index contributed by atoms with van der Waals surface area (Å²) < 4.78 is 17.7. The smallest absolute Gasteiger partial charge is 0.172 e. The van der Waals surface area contributed by atoms with E-state index in [9.17, 15) is 0 Å². The molecule has 2 heterocycles. The summed E-state index contributed by atoms with van der Waals surface area (Å²) in [6, 6.07) is 60.0. The Morgan fingerprint density at radius 1 is 0.404 bits per heavy atom. The molecule has 10 rings (SSSR count). The molecule has 0 spiro atoms. The van der Waals surface area contributed by atoms with Crippen LogP contribution in [0.4, 0.5) is 0 Å². The molecule has 1 aliphatic heterocycles. The van der Waals surface area contributed by atoms with Crippen molar-refractivity contribution in [2.24, 2.45) is 0 Å². The summed E-state index contributed by atoms with van der Waals surface area (Å²) >= 11 is 0. The Morgan fingerprint density at radius 2 is 1.06 bits per heavy atom. The van der Waals surface area contributed by atoms with Gasteiger partial charge in [-0.1, -0.05) is 127 Å². The molecule has 1 aromatic heterocycles. The Morgan fingerprint density at radius 3 is 1.91 bits per heavy atom. The normalized spacial score (nSPS) is 15.4. The van der Waals surface area contributed by atoms with E-state index in [4.69, 9.17) is 0 Å². The molecular weight excluding hydrogens is 589 g/mol. The quantitative estimate of drug-likeness (QED) is 0.181. The van der Waals surface area contributed by atoms with E-state index >= 15 is 4.57 Å². The van der Waals surface area contributed by atoms with Gasteiger partial charge in [0.15, 0.2) is 7.14 Å². The highest BCUT2D eigenvalue weighted by molar-refractivity contribution is 7.86. The van der Waals surface area contributed by atoms with Crippen LogP contribution < -0.4 is 15.9 Å². The topological polar surface area (TPSA) is 22.0 Å². The summed E-state index contributed by atoms with van der Waals surface area (Å²) in [5.41, 5.74) is 7.84. The van der Waals surface area contributed by atoms with Crippen molar-refractivity contribution in [1.82, 2.24) is 4.57 Å². The molecule has 1 atom stereocenters. The standard InChI is InChI=1S/C44H28NOP/c46-47(36-12-2-1-3-13-36)43-17-9-7-15-38(43)40-27-39-37-14-6-8-16-41(37)45(42(39)28-44(40)47)35-23-22-30-19-21-33(25-34(30)26-35)32-20-18-29-10-4-5-11-31(29)24-32/h1-28H. The third-order valence-electron chi connectivity index (χ3n) is 9.95. The lowest BCUT2D eigenvalue weighted by Gasteiger charge is -2.16. The SMILES string of the molecule is O=P1(c2ccccc2)c2ccccc2-c2cc3c4ccccc4n(-c4ccc5ccc(-c6ccc7ccccc7c6)cc5c4)c3cc21. The van der Waals surface area contributed by atoms with E-state index in [0.717, 1.165) is 43.8 Å². The van der Waals surface area contributed by atoms with Gasteiger partial charge in [-0.3, -0.25) is 0 Å². The second kappa shape index (κ2) is 9.90. The molecule has 0 bridgehead atoms. The van der Waals surface area contributed by atoms with Gasteiger partial charge in [0.1, 0.15) is 0 Å². The number of rotatable bonds is 3. The van der Waals surface area contributed by atoms with Crippen LogP contribution in [0.1, 0.15) is 0 Å². The highest BCUT2D eigenvalue weighted by Gasteiger charge is 2.40. The van der Waals surface area contributed by atoms with Crippen molar-refractivity contribution >= 4 is 66.4 Å². The zero-order valence-corrected chi connectivity index (χ0v) is 26.4. The molecule has 0 saturated heterocycles. The lowest BCUT2D eigenvalue weighted by atomic mass is 9.98. The van der Waals surface area contributed by atoms with Gasteiger partial charge in [-0.2, -0.15) is 0 Å². The third-order valence-corrected chi connectivity index (χ3v) is 13.1. The van der Waals surface area contributed by atoms with Crippen LogP contribution in [0.25, 0.3) is 71.3 Å². The van der Waals surface area contributed by atoms with E-state index in [1.54, 1.807) is 0 Å². The van der Waals surface area contributed by atoms with Gasteiger partial charge in [0.2, 0.25) is 0 Å². The molecule has 0 radical (unpaired) electrons. The zero-order chi connectivity index (χ0) is 31.1. The summed E-state index contributed by atoms with van der Waals surface area (Å²) in [6.07, 6.45) is 0. The molecule has 1 aliphatic rings. The van der Waals surface area contributed by atoms with Crippen LogP contribution in [0.5, 0.6) is 0 Å². The van der Waals surface area contributed by atoms with Gasteiger partial charge < -0.3 is 9.13 Å². The summed E-state index contributed by atoms with van der Waals surface area (Å²) in [7, 11) is -3.07. The largest absolute Gasteiger partial charge is 0.309 e. The molecule has 1 unspecified atom stereocenters. The second-order valence-corrected chi connectivity index (χ2v) is 15.2. The molecule has 3 heteroatoms. The Balaban J connectivity index is 1.21. The van der Waals surface area contributed by atoms with Crippen molar-refractivity contribution in [1.29, 1.82) is 0 Å².